The molecule has 7 atom stereocenters. The van der Waals surface area contributed by atoms with Crippen molar-refractivity contribution in [1.82, 2.24) is 0 Å². The van der Waals surface area contributed by atoms with E-state index in [4.69, 9.17) is 37.0 Å². The lowest BCUT2D eigenvalue weighted by molar-refractivity contribution is -0.161. The molecule has 0 saturated carbocycles. The van der Waals surface area contributed by atoms with E-state index in [1.54, 1.807) is 0 Å². The zero-order chi connectivity index (χ0) is 61.8. The third-order valence-electron chi connectivity index (χ3n) is 15.3. The molecular formula is C64H124O17P2. The molecule has 0 heterocycles. The summed E-state index contributed by atoms with van der Waals surface area (Å²) in [7, 11) is -9.89. The first kappa shape index (κ1) is 81.1. The molecule has 0 amide bonds. The first-order valence-electron chi connectivity index (χ1n) is 33.3. The highest BCUT2D eigenvalue weighted by molar-refractivity contribution is 7.47. The average Bonchev–Trinajstić information content (AvgIpc) is 3.44. The highest BCUT2D eigenvalue weighted by Gasteiger charge is 2.30. The number of hydrogen-bond acceptors (Lipinski definition) is 15. The van der Waals surface area contributed by atoms with Crippen LogP contribution in [0.15, 0.2) is 0 Å². The molecule has 0 rings (SSSR count). The summed E-state index contributed by atoms with van der Waals surface area (Å²) in [5, 5.41) is 10.5. The van der Waals surface area contributed by atoms with Crippen molar-refractivity contribution in [2.24, 2.45) is 23.7 Å². The first-order valence-corrected chi connectivity index (χ1v) is 36.3. The summed E-state index contributed by atoms with van der Waals surface area (Å²) >= 11 is 0. The summed E-state index contributed by atoms with van der Waals surface area (Å²) in [6, 6.07) is 0. The van der Waals surface area contributed by atoms with Gasteiger partial charge in [-0.05, 0) is 49.4 Å². The summed E-state index contributed by atoms with van der Waals surface area (Å²) in [5.41, 5.74) is 0. The van der Waals surface area contributed by atoms with E-state index in [1.807, 2.05) is 0 Å². The van der Waals surface area contributed by atoms with Gasteiger partial charge in [-0.15, -0.1) is 0 Å². The summed E-state index contributed by atoms with van der Waals surface area (Å²) in [6.07, 6.45) is 33.6. The van der Waals surface area contributed by atoms with Crippen LogP contribution in [0.1, 0.15) is 306 Å². The van der Waals surface area contributed by atoms with E-state index in [0.717, 1.165) is 114 Å². The van der Waals surface area contributed by atoms with Crippen molar-refractivity contribution in [3.8, 4) is 0 Å². The fourth-order valence-electron chi connectivity index (χ4n) is 9.36. The number of phosphoric ester groups is 2. The Hall–Kier alpha value is -1.94. The third kappa shape index (κ3) is 56.3. The van der Waals surface area contributed by atoms with E-state index < -0.39 is 97.5 Å². The SMILES string of the molecule is CCC(C)CCCCCCCCCCC(=O)O[C@H](COC(=O)CCCCCCCCCCC(C)C)COP(=O)(O)OCC(O)COP(=O)(O)OC[C@@H](COC(=O)CCCCCCCCCC(C)C)OC(=O)CCCCCCCCC(C)CC. The Kier molecular flexibility index (Phi) is 53.0. The van der Waals surface area contributed by atoms with E-state index in [-0.39, 0.29) is 25.7 Å². The molecule has 0 aliphatic rings. The van der Waals surface area contributed by atoms with E-state index in [1.165, 1.54) is 103 Å². The van der Waals surface area contributed by atoms with Gasteiger partial charge < -0.3 is 33.8 Å². The Morgan fingerprint density at radius 2 is 0.578 bits per heavy atom. The van der Waals surface area contributed by atoms with Crippen LogP contribution in [0.5, 0.6) is 0 Å². The molecule has 0 radical (unpaired) electrons. The van der Waals surface area contributed by atoms with Crippen LogP contribution in [0.3, 0.4) is 0 Å². The molecule has 83 heavy (non-hydrogen) atoms. The third-order valence-corrected chi connectivity index (χ3v) is 17.2. The monoisotopic (exact) mass is 1230 g/mol. The van der Waals surface area contributed by atoms with Crippen LogP contribution in [0.2, 0.25) is 0 Å². The Bertz CT molecular complexity index is 1670. The van der Waals surface area contributed by atoms with Gasteiger partial charge in [0.05, 0.1) is 26.4 Å². The molecule has 0 saturated heterocycles. The molecule has 19 heteroatoms. The lowest BCUT2D eigenvalue weighted by Crippen LogP contribution is -2.30. The van der Waals surface area contributed by atoms with E-state index >= 15 is 0 Å². The van der Waals surface area contributed by atoms with Crippen molar-refractivity contribution in [1.29, 1.82) is 0 Å². The number of esters is 4. The van der Waals surface area contributed by atoms with Gasteiger partial charge in [-0.25, -0.2) is 9.13 Å². The number of aliphatic hydroxyl groups excluding tert-OH is 1. The molecule has 0 spiro atoms. The van der Waals surface area contributed by atoms with Crippen LogP contribution < -0.4 is 0 Å². The van der Waals surface area contributed by atoms with E-state index in [2.05, 4.69) is 55.4 Å². The van der Waals surface area contributed by atoms with Gasteiger partial charge in [0.1, 0.15) is 19.3 Å². The Morgan fingerprint density at radius 3 is 0.855 bits per heavy atom. The minimum Gasteiger partial charge on any atom is -0.462 e. The molecule has 0 aromatic rings. The summed E-state index contributed by atoms with van der Waals surface area (Å²) in [6.45, 7) is 13.9. The van der Waals surface area contributed by atoms with Crippen LogP contribution in [-0.2, 0) is 65.4 Å². The fourth-order valence-corrected chi connectivity index (χ4v) is 10.9. The first-order chi connectivity index (χ1) is 39.7. The molecular weight excluding hydrogens is 1100 g/mol. The molecule has 0 aliphatic heterocycles. The average molecular weight is 1230 g/mol. The molecule has 492 valence electrons. The summed E-state index contributed by atoms with van der Waals surface area (Å²) in [5.74, 6) is 0.778. The molecule has 0 aromatic carbocycles. The number of aliphatic hydroxyl groups is 1. The number of carbonyl (C=O) groups is 4. The molecule has 0 bridgehead atoms. The molecule has 0 fully saturated rings. The van der Waals surface area contributed by atoms with Crippen molar-refractivity contribution in [2.75, 3.05) is 39.6 Å². The predicted octanol–water partition coefficient (Wildman–Crippen LogP) is 17.4. The second-order valence-corrected chi connectivity index (χ2v) is 27.5. The van der Waals surface area contributed by atoms with Crippen LogP contribution in [0.4, 0.5) is 0 Å². The van der Waals surface area contributed by atoms with Gasteiger partial charge in [-0.3, -0.25) is 37.3 Å². The number of unbranched alkanes of at least 4 members (excludes halogenated alkanes) is 25. The predicted molar refractivity (Wildman–Crippen MR) is 331 cm³/mol. The molecule has 17 nitrogen and oxygen atoms in total. The van der Waals surface area contributed by atoms with Crippen molar-refractivity contribution < 1.29 is 80.2 Å². The van der Waals surface area contributed by atoms with Crippen molar-refractivity contribution in [3.63, 3.8) is 0 Å². The normalized spacial score (nSPS) is 15.1. The highest BCUT2D eigenvalue weighted by atomic mass is 31.2. The van der Waals surface area contributed by atoms with Gasteiger partial charge in [-0.1, -0.05) is 254 Å². The van der Waals surface area contributed by atoms with Crippen LogP contribution in [0.25, 0.3) is 0 Å². The maximum atomic E-state index is 13.0. The maximum Gasteiger partial charge on any atom is 0.472 e. The zero-order valence-electron chi connectivity index (χ0n) is 53.8. The van der Waals surface area contributed by atoms with Crippen molar-refractivity contribution >= 4 is 39.5 Å². The Morgan fingerprint density at radius 1 is 0.337 bits per heavy atom. The minimum absolute atomic E-state index is 0.101. The Balaban J connectivity index is 5.27. The standard InChI is InChI=1S/C64H124O17P2/c1-9-56(7)42-34-26-18-12-14-20-30-38-46-63(68)80-59(50-74-61(66)44-36-28-19-13-11-16-24-32-40-54(3)4)52-78-82(70,71)76-48-58(65)49-77-83(72,73)79-53-60(81-64(69)47-39-31-23-22-27-35-43-57(8)10-2)51-75-62(67)45-37-29-21-15-17-25-33-41-55(5)6/h54-60,65H,9-53H2,1-8H3,(H,70,71)(H,72,73)/t56?,57?,58?,59-,60-/m1/s1. The Labute approximate surface area is 505 Å². The second-order valence-electron chi connectivity index (χ2n) is 24.6. The number of ether oxygens (including phenoxy) is 4. The van der Waals surface area contributed by atoms with E-state index in [0.29, 0.717) is 31.6 Å². The maximum absolute atomic E-state index is 13.0. The smallest absolute Gasteiger partial charge is 0.462 e. The molecule has 0 aromatic heterocycles. The number of rotatable bonds is 61. The van der Waals surface area contributed by atoms with Gasteiger partial charge in [0, 0.05) is 25.7 Å². The lowest BCUT2D eigenvalue weighted by Gasteiger charge is -2.21. The number of phosphoric acid groups is 2. The highest BCUT2D eigenvalue weighted by Crippen LogP contribution is 2.45. The van der Waals surface area contributed by atoms with Gasteiger partial charge in [0.2, 0.25) is 0 Å². The topological polar surface area (TPSA) is 237 Å². The van der Waals surface area contributed by atoms with Gasteiger partial charge in [-0.2, -0.15) is 0 Å². The zero-order valence-corrected chi connectivity index (χ0v) is 55.6. The fraction of sp³-hybridized carbons (Fsp3) is 0.938. The van der Waals surface area contributed by atoms with E-state index in [9.17, 15) is 43.2 Å². The summed E-state index contributed by atoms with van der Waals surface area (Å²) < 4.78 is 68.0. The molecule has 3 N–H and O–H groups in total. The van der Waals surface area contributed by atoms with Gasteiger partial charge in [0.15, 0.2) is 12.2 Å². The number of hydrogen-bond donors (Lipinski definition) is 3. The summed E-state index contributed by atoms with van der Waals surface area (Å²) in [4.78, 5) is 72.2. The van der Waals surface area contributed by atoms with Gasteiger partial charge in [0.25, 0.3) is 0 Å². The van der Waals surface area contributed by atoms with Gasteiger partial charge >= 0.3 is 39.5 Å². The second kappa shape index (κ2) is 54.2. The molecule has 0 aliphatic carbocycles. The lowest BCUT2D eigenvalue weighted by atomic mass is 9.99. The van der Waals surface area contributed by atoms with Crippen LogP contribution in [-0.4, -0.2) is 96.7 Å². The number of carbonyl (C=O) groups excluding carboxylic acids is 4. The largest absolute Gasteiger partial charge is 0.472 e. The van der Waals surface area contributed by atoms with Crippen molar-refractivity contribution in [3.05, 3.63) is 0 Å². The molecule has 5 unspecified atom stereocenters. The van der Waals surface area contributed by atoms with Crippen LogP contribution >= 0.6 is 15.6 Å². The van der Waals surface area contributed by atoms with Crippen molar-refractivity contribution in [2.45, 2.75) is 324 Å². The van der Waals surface area contributed by atoms with Crippen LogP contribution in [0, 0.1) is 23.7 Å². The minimum atomic E-state index is -4.95. The quantitative estimate of drug-likeness (QED) is 0.0222.